The van der Waals surface area contributed by atoms with Gasteiger partial charge in [-0.2, -0.15) is 0 Å². The lowest BCUT2D eigenvalue weighted by atomic mass is 9.95. The zero-order valence-corrected chi connectivity index (χ0v) is 18.5. The number of ketones is 1. The van der Waals surface area contributed by atoms with E-state index in [4.69, 9.17) is 0 Å². The third-order valence-corrected chi connectivity index (χ3v) is 5.91. The Balaban J connectivity index is 1.93. The second-order valence-corrected chi connectivity index (χ2v) is 8.54. The Morgan fingerprint density at radius 1 is 0.833 bits per heavy atom. The van der Waals surface area contributed by atoms with E-state index in [1.54, 1.807) is 48.5 Å². The van der Waals surface area contributed by atoms with Gasteiger partial charge in [-0.05, 0) is 54.1 Å². The van der Waals surface area contributed by atoms with Crippen LogP contribution in [-0.4, -0.2) is 16.8 Å². The van der Waals surface area contributed by atoms with Gasteiger partial charge in [-0.25, -0.2) is 4.39 Å². The van der Waals surface area contributed by atoms with Crippen molar-refractivity contribution >= 4 is 55.0 Å². The first kappa shape index (κ1) is 20.5. The fraction of sp³-hybridized carbons (Fsp3) is 0.0435. The number of carbonyl (C=O) groups excluding carboxylic acids is 2. The maximum absolute atomic E-state index is 13.5. The molecule has 1 unspecified atom stereocenters. The molecule has 1 aliphatic heterocycles. The maximum atomic E-state index is 13.5. The first-order chi connectivity index (χ1) is 14.4. The number of hydrogen-bond donors (Lipinski definition) is 1. The van der Waals surface area contributed by atoms with E-state index in [-0.39, 0.29) is 11.3 Å². The van der Waals surface area contributed by atoms with Crippen LogP contribution in [0.2, 0.25) is 0 Å². The van der Waals surface area contributed by atoms with Crippen molar-refractivity contribution in [3.8, 4) is 0 Å². The molecule has 4 nitrogen and oxygen atoms in total. The Morgan fingerprint density at radius 2 is 1.37 bits per heavy atom. The molecule has 0 aromatic heterocycles. The number of Topliss-reactive ketones (excluding diaryl/α,β-unsaturated/α-hetero) is 1. The van der Waals surface area contributed by atoms with E-state index in [0.29, 0.717) is 16.8 Å². The van der Waals surface area contributed by atoms with Crippen LogP contribution < -0.4 is 4.90 Å². The van der Waals surface area contributed by atoms with Crippen LogP contribution in [0.25, 0.3) is 5.76 Å². The Morgan fingerprint density at radius 3 is 1.93 bits per heavy atom. The summed E-state index contributed by atoms with van der Waals surface area (Å²) in [5, 5.41) is 11.0. The second kappa shape index (κ2) is 8.16. The van der Waals surface area contributed by atoms with Gasteiger partial charge in [-0.3, -0.25) is 14.5 Å². The largest absolute Gasteiger partial charge is 0.507 e. The highest BCUT2D eigenvalue weighted by molar-refractivity contribution is 9.10. The van der Waals surface area contributed by atoms with Crippen LogP contribution in [0.1, 0.15) is 17.2 Å². The zero-order valence-electron chi connectivity index (χ0n) is 15.4. The molecule has 1 amide bonds. The Kier molecular flexibility index (Phi) is 5.58. The molecule has 0 bridgehead atoms. The topological polar surface area (TPSA) is 57.6 Å². The number of halogens is 3. The minimum Gasteiger partial charge on any atom is -0.507 e. The molecule has 1 saturated heterocycles. The molecule has 150 valence electrons. The molecule has 0 radical (unpaired) electrons. The number of amides is 1. The van der Waals surface area contributed by atoms with Crippen LogP contribution >= 0.6 is 31.9 Å². The van der Waals surface area contributed by atoms with Crippen LogP contribution in [0.4, 0.5) is 10.1 Å². The van der Waals surface area contributed by atoms with E-state index >= 15 is 0 Å². The van der Waals surface area contributed by atoms with Crippen LogP contribution in [0.5, 0.6) is 0 Å². The Labute approximate surface area is 188 Å². The lowest BCUT2D eigenvalue weighted by Crippen LogP contribution is -2.29. The van der Waals surface area contributed by atoms with Crippen LogP contribution in [0, 0.1) is 5.82 Å². The van der Waals surface area contributed by atoms with E-state index in [1.165, 1.54) is 29.2 Å². The van der Waals surface area contributed by atoms with Crippen molar-refractivity contribution in [1.29, 1.82) is 0 Å². The summed E-state index contributed by atoms with van der Waals surface area (Å²) in [6, 6.07) is 18.3. The van der Waals surface area contributed by atoms with Gasteiger partial charge in [0.15, 0.2) is 0 Å². The number of rotatable bonds is 3. The predicted molar refractivity (Wildman–Crippen MR) is 119 cm³/mol. The van der Waals surface area contributed by atoms with Gasteiger partial charge in [-0.1, -0.05) is 56.1 Å². The van der Waals surface area contributed by atoms with Crippen molar-refractivity contribution < 1.29 is 19.1 Å². The minimum absolute atomic E-state index is 0.0446. The summed E-state index contributed by atoms with van der Waals surface area (Å²) < 4.78 is 15.2. The summed E-state index contributed by atoms with van der Waals surface area (Å²) in [5.74, 6) is -2.28. The van der Waals surface area contributed by atoms with Gasteiger partial charge in [0, 0.05) is 20.2 Å². The van der Waals surface area contributed by atoms with Gasteiger partial charge in [0.25, 0.3) is 11.7 Å². The van der Waals surface area contributed by atoms with Crippen molar-refractivity contribution in [1.82, 2.24) is 0 Å². The van der Waals surface area contributed by atoms with Crippen molar-refractivity contribution in [2.75, 3.05) is 4.90 Å². The second-order valence-electron chi connectivity index (χ2n) is 6.70. The highest BCUT2D eigenvalue weighted by Gasteiger charge is 2.46. The van der Waals surface area contributed by atoms with Gasteiger partial charge in [0.2, 0.25) is 0 Å². The first-order valence-corrected chi connectivity index (χ1v) is 10.5. The number of carbonyl (C=O) groups is 2. The minimum atomic E-state index is -0.893. The van der Waals surface area contributed by atoms with Crippen LogP contribution in [0.3, 0.4) is 0 Å². The third-order valence-electron chi connectivity index (χ3n) is 4.85. The van der Waals surface area contributed by atoms with E-state index < -0.39 is 23.5 Å². The standard InChI is InChI=1S/C23H14Br2FNO3/c24-15-5-1-14(2-6-15)21(28)19-20(13-3-9-17(26)10-4-13)27(23(30)22(19)29)18-11-7-16(25)8-12-18/h1-12,20,28H/b21-19-. The summed E-state index contributed by atoms with van der Waals surface area (Å²) in [5.41, 5.74) is 1.36. The Hall–Kier alpha value is -2.77. The van der Waals surface area contributed by atoms with E-state index in [9.17, 15) is 19.1 Å². The van der Waals surface area contributed by atoms with Gasteiger partial charge >= 0.3 is 0 Å². The Bertz CT molecular complexity index is 1160. The van der Waals surface area contributed by atoms with Gasteiger partial charge in [-0.15, -0.1) is 0 Å². The van der Waals surface area contributed by atoms with Crippen LogP contribution in [0.15, 0.2) is 87.3 Å². The van der Waals surface area contributed by atoms with Gasteiger partial charge in [0.1, 0.15) is 11.6 Å². The normalized spacial score (nSPS) is 18.1. The number of aliphatic hydroxyl groups excluding tert-OH is 1. The van der Waals surface area contributed by atoms with Crippen LogP contribution in [-0.2, 0) is 9.59 Å². The SMILES string of the molecule is O=C1C(=O)N(c2ccc(Br)cc2)C(c2ccc(F)cc2)/C1=C(/O)c1ccc(Br)cc1. The maximum Gasteiger partial charge on any atom is 0.300 e. The fourth-order valence-electron chi connectivity index (χ4n) is 3.42. The molecular weight excluding hydrogens is 517 g/mol. The fourth-order valence-corrected chi connectivity index (χ4v) is 3.95. The molecule has 4 rings (SSSR count). The molecule has 0 spiro atoms. The predicted octanol–water partition coefficient (Wildman–Crippen LogP) is 5.98. The molecule has 1 fully saturated rings. The molecule has 1 atom stereocenters. The van der Waals surface area contributed by atoms with Crippen molar-refractivity contribution in [2.45, 2.75) is 6.04 Å². The smallest absolute Gasteiger partial charge is 0.300 e. The number of benzene rings is 3. The highest BCUT2D eigenvalue weighted by atomic mass is 79.9. The molecule has 3 aromatic rings. The molecule has 0 aliphatic carbocycles. The lowest BCUT2D eigenvalue weighted by molar-refractivity contribution is -0.132. The number of aliphatic hydroxyl groups is 1. The molecule has 3 aromatic carbocycles. The van der Waals surface area contributed by atoms with Crippen molar-refractivity contribution in [2.24, 2.45) is 0 Å². The third kappa shape index (κ3) is 3.70. The van der Waals surface area contributed by atoms with Crippen molar-refractivity contribution in [3.63, 3.8) is 0 Å². The van der Waals surface area contributed by atoms with E-state index in [2.05, 4.69) is 31.9 Å². The molecular formula is C23H14Br2FNO3. The molecule has 1 aliphatic rings. The summed E-state index contributed by atoms with van der Waals surface area (Å²) in [6.45, 7) is 0. The molecule has 0 saturated carbocycles. The molecule has 1 N–H and O–H groups in total. The monoisotopic (exact) mass is 529 g/mol. The number of nitrogens with zero attached hydrogens (tertiary/aromatic N) is 1. The molecule has 7 heteroatoms. The summed E-state index contributed by atoms with van der Waals surface area (Å²) >= 11 is 6.69. The number of hydrogen-bond acceptors (Lipinski definition) is 3. The first-order valence-electron chi connectivity index (χ1n) is 8.95. The average molecular weight is 531 g/mol. The average Bonchev–Trinajstić information content (AvgIpc) is 3.00. The zero-order chi connectivity index (χ0) is 21.4. The lowest BCUT2D eigenvalue weighted by Gasteiger charge is -2.25. The van der Waals surface area contributed by atoms with Crippen molar-refractivity contribution in [3.05, 3.63) is 104 Å². The van der Waals surface area contributed by atoms with E-state index in [1.807, 2.05) is 0 Å². The quantitative estimate of drug-likeness (QED) is 0.257. The number of anilines is 1. The molecule has 30 heavy (non-hydrogen) atoms. The summed E-state index contributed by atoms with van der Waals surface area (Å²) in [7, 11) is 0. The van der Waals surface area contributed by atoms with Gasteiger partial charge in [0.05, 0.1) is 11.6 Å². The summed E-state index contributed by atoms with van der Waals surface area (Å²) in [4.78, 5) is 27.3. The molecule has 1 heterocycles. The highest BCUT2D eigenvalue weighted by Crippen LogP contribution is 2.42. The van der Waals surface area contributed by atoms with E-state index in [0.717, 1.165) is 8.95 Å². The summed E-state index contributed by atoms with van der Waals surface area (Å²) in [6.07, 6.45) is 0. The van der Waals surface area contributed by atoms with Gasteiger partial charge < -0.3 is 5.11 Å².